The van der Waals surface area contributed by atoms with Gasteiger partial charge >= 0.3 is 0 Å². The third kappa shape index (κ3) is 2.88. The third-order valence-electron chi connectivity index (χ3n) is 4.75. The molecule has 0 aliphatic rings. The summed E-state index contributed by atoms with van der Waals surface area (Å²) in [7, 11) is 0. The van der Waals surface area contributed by atoms with E-state index in [4.69, 9.17) is 0 Å². The predicted octanol–water partition coefficient (Wildman–Crippen LogP) is 5.73. The standard InChI is InChI=1S/C23H20N2O/c1-15(20-13-24-22-9-5-3-7-18(20)22)11-17(26)12-16(2)21-14-25-23-10-6-4-8-19(21)23/h3-14,24-25H,1-2H3. The van der Waals surface area contributed by atoms with Crippen molar-refractivity contribution in [3.63, 3.8) is 0 Å². The summed E-state index contributed by atoms with van der Waals surface area (Å²) in [5, 5.41) is 2.26. The Morgan fingerprint density at radius 2 is 1.15 bits per heavy atom. The van der Waals surface area contributed by atoms with Gasteiger partial charge in [0.15, 0.2) is 5.78 Å². The zero-order chi connectivity index (χ0) is 18.1. The normalized spacial score (nSPS) is 12.8. The summed E-state index contributed by atoms with van der Waals surface area (Å²) in [5.74, 6) is -0.00411. The van der Waals surface area contributed by atoms with E-state index in [0.29, 0.717) is 0 Å². The lowest BCUT2D eigenvalue weighted by molar-refractivity contribution is -0.110. The Hall–Kier alpha value is -3.33. The van der Waals surface area contributed by atoms with E-state index in [1.54, 1.807) is 12.2 Å². The summed E-state index contributed by atoms with van der Waals surface area (Å²) in [6.07, 6.45) is 7.32. The molecule has 0 atom stereocenters. The van der Waals surface area contributed by atoms with E-state index in [1.807, 2.05) is 62.6 Å². The number of H-pyrrole nitrogens is 2. The van der Waals surface area contributed by atoms with E-state index in [9.17, 15) is 4.79 Å². The van der Waals surface area contributed by atoms with Crippen molar-refractivity contribution in [2.75, 3.05) is 0 Å². The Morgan fingerprint density at radius 3 is 1.62 bits per heavy atom. The number of carbonyl (C=O) groups excluding carboxylic acids is 1. The van der Waals surface area contributed by atoms with Crippen LogP contribution in [-0.4, -0.2) is 15.8 Å². The van der Waals surface area contributed by atoms with Crippen LogP contribution in [0.1, 0.15) is 25.0 Å². The topological polar surface area (TPSA) is 48.6 Å². The molecule has 0 spiro atoms. The van der Waals surface area contributed by atoms with Crippen molar-refractivity contribution in [2.45, 2.75) is 13.8 Å². The number of ketones is 1. The van der Waals surface area contributed by atoms with Crippen molar-refractivity contribution in [2.24, 2.45) is 0 Å². The minimum absolute atomic E-state index is 0.00411. The number of hydrogen-bond acceptors (Lipinski definition) is 1. The molecule has 2 aromatic carbocycles. The highest BCUT2D eigenvalue weighted by molar-refractivity contribution is 6.10. The summed E-state index contributed by atoms with van der Waals surface area (Å²) in [5.41, 5.74) is 6.19. The van der Waals surface area contributed by atoms with Gasteiger partial charge in [-0.1, -0.05) is 36.4 Å². The maximum atomic E-state index is 12.6. The van der Waals surface area contributed by atoms with Crippen molar-refractivity contribution >= 4 is 38.7 Å². The number of para-hydroxylation sites is 2. The molecule has 0 aliphatic carbocycles. The SMILES string of the molecule is CC(=CC(=O)C=C(C)c1c[nH]c2ccccc12)c1c[nH]c2ccccc12. The first-order valence-corrected chi connectivity index (χ1v) is 8.67. The van der Waals surface area contributed by atoms with Gasteiger partial charge in [-0.3, -0.25) is 4.79 Å². The Morgan fingerprint density at radius 1 is 0.731 bits per heavy atom. The van der Waals surface area contributed by atoms with Gasteiger partial charge in [-0.15, -0.1) is 0 Å². The van der Waals surface area contributed by atoms with Gasteiger partial charge in [0.1, 0.15) is 0 Å². The van der Waals surface area contributed by atoms with Crippen molar-refractivity contribution < 1.29 is 4.79 Å². The molecule has 0 bridgehead atoms. The van der Waals surface area contributed by atoms with Gasteiger partial charge in [-0.05, 0) is 49.3 Å². The molecule has 3 heteroatoms. The van der Waals surface area contributed by atoms with Crippen LogP contribution in [0.5, 0.6) is 0 Å². The van der Waals surface area contributed by atoms with Crippen LogP contribution in [0.2, 0.25) is 0 Å². The summed E-state index contributed by atoms with van der Waals surface area (Å²) in [6.45, 7) is 3.95. The summed E-state index contributed by atoms with van der Waals surface area (Å²) in [6, 6.07) is 16.2. The zero-order valence-corrected chi connectivity index (χ0v) is 14.8. The van der Waals surface area contributed by atoms with Crippen LogP contribution in [0.15, 0.2) is 73.1 Å². The van der Waals surface area contributed by atoms with Gasteiger partial charge in [0.2, 0.25) is 0 Å². The molecule has 2 heterocycles. The molecule has 0 aliphatic heterocycles. The molecular formula is C23H20N2O. The number of aromatic nitrogens is 2. The number of benzene rings is 2. The molecule has 128 valence electrons. The first-order chi connectivity index (χ1) is 12.6. The highest BCUT2D eigenvalue weighted by atomic mass is 16.1. The smallest absolute Gasteiger partial charge is 0.179 e. The fraction of sp³-hybridized carbons (Fsp3) is 0.0870. The Labute approximate surface area is 152 Å². The Balaban J connectivity index is 1.65. The molecule has 2 aromatic heterocycles. The average Bonchev–Trinajstić information content (AvgIpc) is 3.26. The molecule has 0 unspecified atom stereocenters. The number of rotatable bonds is 4. The molecule has 4 aromatic rings. The van der Waals surface area contributed by atoms with Gasteiger partial charge in [0, 0.05) is 45.3 Å². The maximum absolute atomic E-state index is 12.6. The largest absolute Gasteiger partial charge is 0.361 e. The zero-order valence-electron chi connectivity index (χ0n) is 14.8. The van der Waals surface area contributed by atoms with Crippen LogP contribution in [0.25, 0.3) is 33.0 Å². The van der Waals surface area contributed by atoms with Gasteiger partial charge in [-0.25, -0.2) is 0 Å². The van der Waals surface area contributed by atoms with Crippen LogP contribution in [0, 0.1) is 0 Å². The van der Waals surface area contributed by atoms with Crippen LogP contribution in [-0.2, 0) is 4.79 Å². The van der Waals surface area contributed by atoms with Gasteiger partial charge < -0.3 is 9.97 Å². The number of nitrogens with one attached hydrogen (secondary N) is 2. The number of fused-ring (bicyclic) bond motifs is 2. The fourth-order valence-corrected chi connectivity index (χ4v) is 3.42. The summed E-state index contributed by atoms with van der Waals surface area (Å²) < 4.78 is 0. The molecule has 0 saturated heterocycles. The number of aromatic amines is 2. The minimum atomic E-state index is -0.00411. The molecule has 0 radical (unpaired) electrons. The molecule has 2 N–H and O–H groups in total. The summed E-state index contributed by atoms with van der Waals surface area (Å²) in [4.78, 5) is 19.1. The van der Waals surface area contributed by atoms with E-state index < -0.39 is 0 Å². The lowest BCUT2D eigenvalue weighted by Gasteiger charge is -2.00. The van der Waals surface area contributed by atoms with Gasteiger partial charge in [0.05, 0.1) is 0 Å². The van der Waals surface area contributed by atoms with E-state index >= 15 is 0 Å². The van der Waals surface area contributed by atoms with E-state index in [1.165, 1.54) is 0 Å². The van der Waals surface area contributed by atoms with Crippen molar-refractivity contribution in [3.8, 4) is 0 Å². The predicted molar refractivity (Wildman–Crippen MR) is 109 cm³/mol. The monoisotopic (exact) mass is 340 g/mol. The quantitative estimate of drug-likeness (QED) is 0.458. The van der Waals surface area contributed by atoms with E-state index in [-0.39, 0.29) is 5.78 Å². The van der Waals surface area contributed by atoms with Crippen molar-refractivity contribution in [1.82, 2.24) is 9.97 Å². The second-order valence-electron chi connectivity index (χ2n) is 6.55. The molecule has 26 heavy (non-hydrogen) atoms. The van der Waals surface area contributed by atoms with Crippen molar-refractivity contribution in [1.29, 1.82) is 0 Å². The lowest BCUT2D eigenvalue weighted by Crippen LogP contribution is -1.91. The Kier molecular flexibility index (Phi) is 4.05. The maximum Gasteiger partial charge on any atom is 0.179 e. The Bertz CT molecular complexity index is 1080. The van der Waals surface area contributed by atoms with Crippen LogP contribution < -0.4 is 0 Å². The lowest BCUT2D eigenvalue weighted by atomic mass is 10.0. The molecule has 4 rings (SSSR count). The van der Waals surface area contributed by atoms with Gasteiger partial charge in [-0.2, -0.15) is 0 Å². The number of carbonyl (C=O) groups is 1. The second-order valence-corrected chi connectivity index (χ2v) is 6.55. The van der Waals surface area contributed by atoms with E-state index in [0.717, 1.165) is 44.1 Å². The van der Waals surface area contributed by atoms with E-state index in [2.05, 4.69) is 22.1 Å². The van der Waals surface area contributed by atoms with Crippen LogP contribution in [0.4, 0.5) is 0 Å². The molecule has 0 amide bonds. The van der Waals surface area contributed by atoms with Crippen molar-refractivity contribution in [3.05, 3.63) is 84.2 Å². The molecule has 0 fully saturated rings. The molecular weight excluding hydrogens is 320 g/mol. The first kappa shape index (κ1) is 16.2. The van der Waals surface area contributed by atoms with Gasteiger partial charge in [0.25, 0.3) is 0 Å². The van der Waals surface area contributed by atoms with Crippen LogP contribution in [0.3, 0.4) is 0 Å². The average molecular weight is 340 g/mol. The highest BCUT2D eigenvalue weighted by Gasteiger charge is 2.08. The molecule has 0 saturated carbocycles. The fourth-order valence-electron chi connectivity index (χ4n) is 3.42. The second kappa shape index (κ2) is 6.52. The third-order valence-corrected chi connectivity index (χ3v) is 4.75. The highest BCUT2D eigenvalue weighted by Crippen LogP contribution is 2.26. The minimum Gasteiger partial charge on any atom is -0.361 e. The molecule has 3 nitrogen and oxygen atoms in total. The number of hydrogen-bond donors (Lipinski definition) is 2. The first-order valence-electron chi connectivity index (χ1n) is 8.67. The number of allylic oxidation sites excluding steroid dienone is 4. The van der Waals surface area contributed by atoms with Crippen LogP contribution >= 0.6 is 0 Å². The summed E-state index contributed by atoms with van der Waals surface area (Å²) >= 11 is 0.